The van der Waals surface area contributed by atoms with Gasteiger partial charge in [0.25, 0.3) is 0 Å². The molecule has 0 spiro atoms. The lowest BCUT2D eigenvalue weighted by molar-refractivity contribution is 0.186. The van der Waals surface area contributed by atoms with Gasteiger partial charge in [-0.25, -0.2) is 0 Å². The van der Waals surface area contributed by atoms with Crippen molar-refractivity contribution in [1.29, 1.82) is 0 Å². The molecule has 0 saturated carbocycles. The van der Waals surface area contributed by atoms with Gasteiger partial charge in [-0.3, -0.25) is 0 Å². The van der Waals surface area contributed by atoms with Gasteiger partial charge in [-0.1, -0.05) is 40.5 Å². The molecule has 1 atom stereocenters. The molecule has 1 unspecified atom stereocenters. The molecular formula is C12H28OSi. The lowest BCUT2D eigenvalue weighted by Crippen LogP contribution is -2.43. The smallest absolute Gasteiger partial charge is 0.192 e. The summed E-state index contributed by atoms with van der Waals surface area (Å²) in [6.07, 6.45) is 4.21. The van der Waals surface area contributed by atoms with E-state index in [-0.39, 0.29) is 0 Å². The van der Waals surface area contributed by atoms with Gasteiger partial charge in [0.1, 0.15) is 0 Å². The summed E-state index contributed by atoms with van der Waals surface area (Å²) in [4.78, 5) is 0. The van der Waals surface area contributed by atoms with Crippen molar-refractivity contribution in [2.75, 3.05) is 0 Å². The minimum Gasteiger partial charge on any atom is -0.414 e. The third-order valence-electron chi connectivity index (χ3n) is 3.27. The van der Waals surface area contributed by atoms with Crippen LogP contribution in [0.15, 0.2) is 0 Å². The second-order valence-electron chi connectivity index (χ2n) is 5.83. The summed E-state index contributed by atoms with van der Waals surface area (Å²) >= 11 is 0. The standard InChI is InChI=1S/C12H28OSi/c1-8-9-10-11(2)13-14(6,7)12(3,4)5/h11H,8-10H2,1-7H3. The van der Waals surface area contributed by atoms with E-state index in [2.05, 4.69) is 47.7 Å². The average Bonchev–Trinajstić information content (AvgIpc) is 1.97. The van der Waals surface area contributed by atoms with Gasteiger partial charge in [0, 0.05) is 6.10 Å². The summed E-state index contributed by atoms with van der Waals surface area (Å²) in [6.45, 7) is 16.0. The molecule has 0 saturated heterocycles. The van der Waals surface area contributed by atoms with E-state index in [0.29, 0.717) is 11.1 Å². The highest BCUT2D eigenvalue weighted by Crippen LogP contribution is 2.37. The van der Waals surface area contributed by atoms with Crippen LogP contribution >= 0.6 is 0 Å². The third-order valence-corrected chi connectivity index (χ3v) is 7.87. The molecule has 0 aliphatic carbocycles. The Morgan fingerprint density at radius 3 is 2.07 bits per heavy atom. The van der Waals surface area contributed by atoms with Gasteiger partial charge >= 0.3 is 0 Å². The minimum atomic E-state index is -1.52. The molecule has 0 aliphatic rings. The predicted octanol–water partition coefficient (Wildman–Crippen LogP) is 4.59. The van der Waals surface area contributed by atoms with Crippen molar-refractivity contribution in [3.8, 4) is 0 Å². The Kier molecular flexibility index (Phi) is 5.38. The van der Waals surface area contributed by atoms with Gasteiger partial charge in [0.15, 0.2) is 8.32 Å². The zero-order valence-electron chi connectivity index (χ0n) is 11.1. The Bertz CT molecular complexity index is 158. The maximum absolute atomic E-state index is 6.24. The lowest BCUT2D eigenvalue weighted by atomic mass is 10.2. The Balaban J connectivity index is 4.08. The molecule has 0 radical (unpaired) electrons. The van der Waals surface area contributed by atoms with Gasteiger partial charge in [-0.05, 0) is 31.5 Å². The topological polar surface area (TPSA) is 9.23 Å². The van der Waals surface area contributed by atoms with E-state index in [1.807, 2.05) is 0 Å². The van der Waals surface area contributed by atoms with Crippen LogP contribution in [0.3, 0.4) is 0 Å². The molecule has 86 valence electrons. The van der Waals surface area contributed by atoms with Gasteiger partial charge in [0.05, 0.1) is 0 Å². The van der Waals surface area contributed by atoms with Crippen molar-refractivity contribution >= 4 is 8.32 Å². The summed E-state index contributed by atoms with van der Waals surface area (Å²) in [5.41, 5.74) is 0. The monoisotopic (exact) mass is 216 g/mol. The molecule has 1 nitrogen and oxygen atoms in total. The molecule has 0 fully saturated rings. The highest BCUT2D eigenvalue weighted by Gasteiger charge is 2.38. The second-order valence-corrected chi connectivity index (χ2v) is 10.6. The SMILES string of the molecule is CCCCC(C)O[Si](C)(C)C(C)(C)C. The lowest BCUT2D eigenvalue weighted by Gasteiger charge is -2.38. The van der Waals surface area contributed by atoms with Gasteiger partial charge in [-0.15, -0.1) is 0 Å². The van der Waals surface area contributed by atoms with Gasteiger partial charge < -0.3 is 4.43 Å². The maximum Gasteiger partial charge on any atom is 0.192 e. The number of rotatable bonds is 5. The number of hydrogen-bond acceptors (Lipinski definition) is 1. The molecule has 14 heavy (non-hydrogen) atoms. The van der Waals surface area contributed by atoms with Crippen molar-refractivity contribution in [2.24, 2.45) is 0 Å². The second kappa shape index (κ2) is 5.31. The van der Waals surface area contributed by atoms with Crippen molar-refractivity contribution < 1.29 is 4.43 Å². The Morgan fingerprint density at radius 1 is 1.21 bits per heavy atom. The quantitative estimate of drug-likeness (QED) is 0.611. The molecular weight excluding hydrogens is 188 g/mol. The average molecular weight is 216 g/mol. The Labute approximate surface area is 91.4 Å². The molecule has 0 aromatic carbocycles. The first-order valence-electron chi connectivity index (χ1n) is 5.88. The van der Waals surface area contributed by atoms with Crippen LogP contribution < -0.4 is 0 Å². The number of unbranched alkanes of at least 4 members (excludes halogenated alkanes) is 1. The normalized spacial score (nSPS) is 15.6. The fraction of sp³-hybridized carbons (Fsp3) is 1.00. The van der Waals surface area contributed by atoms with Crippen LogP contribution in [0.1, 0.15) is 53.9 Å². The maximum atomic E-state index is 6.24. The van der Waals surface area contributed by atoms with E-state index in [9.17, 15) is 0 Å². The summed E-state index contributed by atoms with van der Waals surface area (Å²) in [6, 6.07) is 0. The van der Waals surface area contributed by atoms with Crippen LogP contribution in [0, 0.1) is 0 Å². The van der Waals surface area contributed by atoms with E-state index in [1.165, 1.54) is 19.3 Å². The van der Waals surface area contributed by atoms with Gasteiger partial charge in [-0.2, -0.15) is 0 Å². The fourth-order valence-corrected chi connectivity index (χ4v) is 2.71. The largest absolute Gasteiger partial charge is 0.414 e. The first kappa shape index (κ1) is 14.2. The molecule has 0 aromatic heterocycles. The van der Waals surface area contributed by atoms with Crippen molar-refractivity contribution in [2.45, 2.75) is 78.1 Å². The fourth-order valence-electron chi connectivity index (χ4n) is 1.23. The van der Waals surface area contributed by atoms with Crippen LogP contribution in [-0.4, -0.2) is 14.4 Å². The summed E-state index contributed by atoms with van der Waals surface area (Å²) < 4.78 is 6.24. The molecule has 0 bridgehead atoms. The Morgan fingerprint density at radius 2 is 1.71 bits per heavy atom. The van der Waals surface area contributed by atoms with Crippen molar-refractivity contribution in [3.05, 3.63) is 0 Å². The number of hydrogen-bond donors (Lipinski definition) is 0. The van der Waals surface area contributed by atoms with Crippen molar-refractivity contribution in [3.63, 3.8) is 0 Å². The zero-order valence-corrected chi connectivity index (χ0v) is 12.1. The van der Waals surface area contributed by atoms with Crippen molar-refractivity contribution in [1.82, 2.24) is 0 Å². The van der Waals surface area contributed by atoms with Crippen LogP contribution in [0.25, 0.3) is 0 Å². The zero-order chi connectivity index (χ0) is 11.4. The molecule has 2 heteroatoms. The predicted molar refractivity (Wildman–Crippen MR) is 67.3 cm³/mol. The third kappa shape index (κ3) is 4.60. The van der Waals surface area contributed by atoms with Crippen LogP contribution in [-0.2, 0) is 4.43 Å². The summed E-state index contributed by atoms with van der Waals surface area (Å²) in [5, 5.41) is 0.341. The Hall–Kier alpha value is 0.177. The van der Waals surface area contributed by atoms with Crippen LogP contribution in [0.5, 0.6) is 0 Å². The van der Waals surface area contributed by atoms with E-state index in [1.54, 1.807) is 0 Å². The first-order chi connectivity index (χ1) is 6.20. The highest BCUT2D eigenvalue weighted by atomic mass is 28.4. The molecule has 0 aromatic rings. The van der Waals surface area contributed by atoms with E-state index in [0.717, 1.165) is 0 Å². The van der Waals surface area contributed by atoms with E-state index < -0.39 is 8.32 Å². The molecule has 0 aliphatic heterocycles. The van der Waals surface area contributed by atoms with Crippen LogP contribution in [0.4, 0.5) is 0 Å². The molecule has 0 N–H and O–H groups in total. The summed E-state index contributed by atoms with van der Waals surface area (Å²) in [5.74, 6) is 0. The summed E-state index contributed by atoms with van der Waals surface area (Å²) in [7, 11) is -1.52. The van der Waals surface area contributed by atoms with Gasteiger partial charge in [0.2, 0.25) is 0 Å². The molecule has 0 amide bonds. The minimum absolute atomic E-state index is 0.341. The first-order valence-corrected chi connectivity index (χ1v) is 8.79. The molecule has 0 rings (SSSR count). The van der Waals surface area contributed by atoms with E-state index >= 15 is 0 Å². The van der Waals surface area contributed by atoms with E-state index in [4.69, 9.17) is 4.43 Å². The van der Waals surface area contributed by atoms with Crippen LogP contribution in [0.2, 0.25) is 18.1 Å². The molecule has 0 heterocycles. The highest BCUT2D eigenvalue weighted by molar-refractivity contribution is 6.74.